The summed E-state index contributed by atoms with van der Waals surface area (Å²) in [5, 5.41) is 0. The van der Waals surface area contributed by atoms with E-state index in [4.69, 9.17) is 0 Å². The lowest BCUT2D eigenvalue weighted by molar-refractivity contribution is -0.138. The van der Waals surface area contributed by atoms with Crippen LogP contribution in [-0.2, 0) is 9.59 Å². The first-order chi connectivity index (χ1) is 8.91. The lowest BCUT2D eigenvalue weighted by atomic mass is 9.88. The molecule has 0 saturated carbocycles. The van der Waals surface area contributed by atoms with Crippen LogP contribution in [0.5, 0.6) is 0 Å². The highest BCUT2D eigenvalue weighted by molar-refractivity contribution is 5.80. The SMILES string of the molecule is CC(C)C(=O)CCCCCC(=O)N1CC(C(C)C)C1. The third kappa shape index (κ3) is 5.33. The minimum absolute atomic E-state index is 0.149. The Morgan fingerprint density at radius 3 is 2.11 bits per heavy atom. The first-order valence-electron chi connectivity index (χ1n) is 7.72. The van der Waals surface area contributed by atoms with Gasteiger partial charge in [-0.15, -0.1) is 0 Å². The van der Waals surface area contributed by atoms with Gasteiger partial charge in [-0.1, -0.05) is 34.1 Å². The minimum Gasteiger partial charge on any atom is -0.342 e. The van der Waals surface area contributed by atoms with Gasteiger partial charge < -0.3 is 4.90 Å². The number of Topliss-reactive ketones (excluding diaryl/α,β-unsaturated/α-hetero) is 1. The van der Waals surface area contributed by atoms with Gasteiger partial charge in [-0.25, -0.2) is 0 Å². The molecule has 1 fully saturated rings. The fraction of sp³-hybridized carbons (Fsp3) is 0.875. The van der Waals surface area contributed by atoms with Gasteiger partial charge in [-0.05, 0) is 24.7 Å². The van der Waals surface area contributed by atoms with Crippen LogP contribution in [-0.4, -0.2) is 29.7 Å². The monoisotopic (exact) mass is 267 g/mol. The largest absolute Gasteiger partial charge is 0.342 e. The van der Waals surface area contributed by atoms with Crippen LogP contribution in [0.3, 0.4) is 0 Å². The third-order valence-electron chi connectivity index (χ3n) is 4.16. The normalized spacial score (nSPS) is 16.0. The van der Waals surface area contributed by atoms with Crippen LogP contribution in [0.2, 0.25) is 0 Å². The molecule has 0 N–H and O–H groups in total. The summed E-state index contributed by atoms with van der Waals surface area (Å²) in [5.74, 6) is 2.18. The second-order valence-electron chi connectivity index (χ2n) is 6.48. The van der Waals surface area contributed by atoms with Crippen LogP contribution in [0.15, 0.2) is 0 Å². The van der Waals surface area contributed by atoms with E-state index in [-0.39, 0.29) is 5.92 Å². The lowest BCUT2D eigenvalue weighted by Gasteiger charge is -2.41. The molecule has 0 aliphatic carbocycles. The molecular formula is C16H29NO2. The molecular weight excluding hydrogens is 238 g/mol. The smallest absolute Gasteiger partial charge is 0.222 e. The molecule has 0 aromatic heterocycles. The summed E-state index contributed by atoms with van der Waals surface area (Å²) >= 11 is 0. The van der Waals surface area contributed by atoms with E-state index in [9.17, 15) is 9.59 Å². The van der Waals surface area contributed by atoms with Gasteiger partial charge in [0.15, 0.2) is 0 Å². The molecule has 0 unspecified atom stereocenters. The first-order valence-corrected chi connectivity index (χ1v) is 7.72. The summed E-state index contributed by atoms with van der Waals surface area (Å²) in [7, 11) is 0. The van der Waals surface area contributed by atoms with E-state index in [1.807, 2.05) is 18.7 Å². The summed E-state index contributed by atoms with van der Waals surface area (Å²) in [6.45, 7) is 10.2. The first kappa shape index (κ1) is 16.2. The highest BCUT2D eigenvalue weighted by Crippen LogP contribution is 2.24. The molecule has 1 aliphatic heterocycles. The average Bonchev–Trinajstić information content (AvgIpc) is 2.25. The van der Waals surface area contributed by atoms with Crippen molar-refractivity contribution in [2.75, 3.05) is 13.1 Å². The Balaban J connectivity index is 2.02. The number of carbonyl (C=O) groups is 2. The van der Waals surface area contributed by atoms with E-state index in [2.05, 4.69) is 13.8 Å². The lowest BCUT2D eigenvalue weighted by Crippen LogP contribution is -2.51. The highest BCUT2D eigenvalue weighted by atomic mass is 16.2. The summed E-state index contributed by atoms with van der Waals surface area (Å²) in [5.41, 5.74) is 0. The van der Waals surface area contributed by atoms with Gasteiger partial charge in [0.05, 0.1) is 0 Å². The van der Waals surface area contributed by atoms with Crippen LogP contribution in [0.4, 0.5) is 0 Å². The number of hydrogen-bond acceptors (Lipinski definition) is 2. The maximum Gasteiger partial charge on any atom is 0.222 e. The molecule has 1 rings (SSSR count). The number of rotatable bonds is 8. The molecule has 0 bridgehead atoms. The van der Waals surface area contributed by atoms with E-state index in [0.29, 0.717) is 36.4 Å². The van der Waals surface area contributed by atoms with Crippen molar-refractivity contribution in [1.29, 1.82) is 0 Å². The Morgan fingerprint density at radius 2 is 1.58 bits per heavy atom. The van der Waals surface area contributed by atoms with E-state index in [0.717, 1.165) is 32.4 Å². The van der Waals surface area contributed by atoms with Crippen molar-refractivity contribution < 1.29 is 9.59 Å². The zero-order valence-electron chi connectivity index (χ0n) is 12.9. The van der Waals surface area contributed by atoms with Gasteiger partial charge in [-0.2, -0.15) is 0 Å². The average molecular weight is 267 g/mol. The van der Waals surface area contributed by atoms with Crippen LogP contribution < -0.4 is 0 Å². The van der Waals surface area contributed by atoms with Crippen LogP contribution in [0, 0.1) is 17.8 Å². The van der Waals surface area contributed by atoms with Crippen molar-refractivity contribution in [3.8, 4) is 0 Å². The van der Waals surface area contributed by atoms with Crippen molar-refractivity contribution in [3.05, 3.63) is 0 Å². The van der Waals surface area contributed by atoms with Gasteiger partial charge in [0.2, 0.25) is 5.91 Å². The van der Waals surface area contributed by atoms with Gasteiger partial charge in [-0.3, -0.25) is 9.59 Å². The van der Waals surface area contributed by atoms with Crippen molar-refractivity contribution in [2.45, 2.75) is 59.8 Å². The van der Waals surface area contributed by atoms with Gasteiger partial charge in [0.1, 0.15) is 5.78 Å². The predicted octanol–water partition coefficient (Wildman–Crippen LogP) is 3.28. The van der Waals surface area contributed by atoms with Crippen molar-refractivity contribution in [1.82, 2.24) is 4.90 Å². The number of ketones is 1. The molecule has 0 radical (unpaired) electrons. The van der Waals surface area contributed by atoms with Gasteiger partial charge >= 0.3 is 0 Å². The van der Waals surface area contributed by atoms with Gasteiger partial charge in [0, 0.05) is 31.8 Å². The highest BCUT2D eigenvalue weighted by Gasteiger charge is 2.31. The van der Waals surface area contributed by atoms with Crippen molar-refractivity contribution in [2.24, 2.45) is 17.8 Å². The molecule has 1 heterocycles. The number of unbranched alkanes of at least 4 members (excludes halogenated alkanes) is 2. The molecule has 1 aliphatic rings. The Labute approximate surface area is 117 Å². The van der Waals surface area contributed by atoms with E-state index in [1.54, 1.807) is 0 Å². The zero-order chi connectivity index (χ0) is 14.4. The molecule has 0 spiro atoms. The number of amides is 1. The van der Waals surface area contributed by atoms with E-state index in [1.165, 1.54) is 0 Å². The van der Waals surface area contributed by atoms with Crippen LogP contribution in [0.25, 0.3) is 0 Å². The molecule has 3 heteroatoms. The predicted molar refractivity (Wildman–Crippen MR) is 77.8 cm³/mol. The fourth-order valence-corrected chi connectivity index (χ4v) is 2.34. The van der Waals surface area contributed by atoms with E-state index < -0.39 is 0 Å². The number of carbonyl (C=O) groups excluding carboxylic acids is 2. The molecule has 3 nitrogen and oxygen atoms in total. The quantitative estimate of drug-likeness (QED) is 0.633. The van der Waals surface area contributed by atoms with Crippen LogP contribution >= 0.6 is 0 Å². The van der Waals surface area contributed by atoms with Crippen molar-refractivity contribution in [3.63, 3.8) is 0 Å². The maximum absolute atomic E-state index is 11.9. The Morgan fingerprint density at radius 1 is 1.00 bits per heavy atom. The third-order valence-corrected chi connectivity index (χ3v) is 4.16. The summed E-state index contributed by atoms with van der Waals surface area (Å²) in [6, 6.07) is 0. The number of likely N-dealkylation sites (tertiary alicyclic amines) is 1. The summed E-state index contributed by atoms with van der Waals surface area (Å²) in [6.07, 6.45) is 4.17. The number of hydrogen-bond donors (Lipinski definition) is 0. The second-order valence-corrected chi connectivity index (χ2v) is 6.48. The fourth-order valence-electron chi connectivity index (χ4n) is 2.34. The minimum atomic E-state index is 0.149. The van der Waals surface area contributed by atoms with Gasteiger partial charge in [0.25, 0.3) is 0 Å². The molecule has 1 saturated heterocycles. The van der Waals surface area contributed by atoms with Crippen molar-refractivity contribution >= 4 is 11.7 Å². The molecule has 1 amide bonds. The Kier molecular flexibility index (Phi) is 6.53. The Hall–Kier alpha value is -0.860. The second kappa shape index (κ2) is 7.66. The Bertz CT molecular complexity index is 304. The molecule has 0 aromatic rings. The zero-order valence-corrected chi connectivity index (χ0v) is 12.9. The number of nitrogens with zero attached hydrogens (tertiary/aromatic N) is 1. The summed E-state index contributed by atoms with van der Waals surface area (Å²) < 4.78 is 0. The molecule has 110 valence electrons. The summed E-state index contributed by atoms with van der Waals surface area (Å²) in [4.78, 5) is 25.3. The van der Waals surface area contributed by atoms with E-state index >= 15 is 0 Å². The van der Waals surface area contributed by atoms with Crippen LogP contribution in [0.1, 0.15) is 59.8 Å². The standard InChI is InChI=1S/C16H29NO2/c1-12(2)14-10-17(11-14)16(19)9-7-5-6-8-15(18)13(3)4/h12-14H,5-11H2,1-4H3. The molecule has 0 atom stereocenters. The molecule has 19 heavy (non-hydrogen) atoms. The molecule has 0 aromatic carbocycles. The topological polar surface area (TPSA) is 37.4 Å². The maximum atomic E-state index is 11.9.